The van der Waals surface area contributed by atoms with Gasteiger partial charge in [-0.05, 0) is 43.2 Å². The van der Waals surface area contributed by atoms with Crippen molar-refractivity contribution >= 4 is 22.6 Å². The van der Waals surface area contributed by atoms with E-state index in [4.69, 9.17) is 0 Å². The number of aromatic amines is 1. The summed E-state index contributed by atoms with van der Waals surface area (Å²) in [4.78, 5) is 25.2. The number of carbonyl (C=O) groups is 1. The van der Waals surface area contributed by atoms with E-state index in [1.54, 1.807) is 0 Å². The maximum atomic E-state index is 12.8. The fourth-order valence-corrected chi connectivity index (χ4v) is 4.13. The van der Waals surface area contributed by atoms with Crippen LogP contribution in [0.2, 0.25) is 0 Å². The van der Waals surface area contributed by atoms with Gasteiger partial charge in [-0.1, -0.05) is 24.3 Å². The number of anilines is 1. The van der Waals surface area contributed by atoms with Crippen molar-refractivity contribution in [2.24, 2.45) is 5.92 Å². The summed E-state index contributed by atoms with van der Waals surface area (Å²) in [5.74, 6) is 2.01. The van der Waals surface area contributed by atoms with Crippen molar-refractivity contribution < 1.29 is 4.79 Å². The Labute approximate surface area is 169 Å². The lowest BCUT2D eigenvalue weighted by atomic mass is 9.95. The van der Waals surface area contributed by atoms with Crippen molar-refractivity contribution in [3.05, 3.63) is 77.6 Å². The van der Waals surface area contributed by atoms with E-state index in [1.165, 1.54) is 0 Å². The molecule has 0 spiro atoms. The zero-order valence-corrected chi connectivity index (χ0v) is 16.4. The number of amides is 1. The number of hydrogen-bond acceptors (Lipinski definition) is 3. The van der Waals surface area contributed by atoms with E-state index in [-0.39, 0.29) is 11.8 Å². The quantitative estimate of drug-likeness (QED) is 0.560. The van der Waals surface area contributed by atoms with Crippen molar-refractivity contribution in [1.29, 1.82) is 0 Å². The second-order valence-electron chi connectivity index (χ2n) is 7.71. The third kappa shape index (κ3) is 3.53. The van der Waals surface area contributed by atoms with Crippen LogP contribution in [0.5, 0.6) is 0 Å². The number of rotatable bonds is 4. The van der Waals surface area contributed by atoms with Gasteiger partial charge in [-0.15, -0.1) is 0 Å². The molecule has 4 aromatic rings. The molecule has 0 saturated heterocycles. The lowest BCUT2D eigenvalue weighted by molar-refractivity contribution is -0.120. The first-order chi connectivity index (χ1) is 14.2. The molecule has 0 radical (unpaired) electrons. The minimum atomic E-state index is -0.0161. The van der Waals surface area contributed by atoms with Crippen molar-refractivity contribution in [3.8, 4) is 0 Å². The normalized spacial score (nSPS) is 16.0. The number of imidazole rings is 2. The molecule has 6 nitrogen and oxygen atoms in total. The van der Waals surface area contributed by atoms with Gasteiger partial charge in [0.15, 0.2) is 0 Å². The maximum Gasteiger partial charge on any atom is 0.227 e. The van der Waals surface area contributed by atoms with Gasteiger partial charge in [0, 0.05) is 42.9 Å². The third-order valence-electron chi connectivity index (χ3n) is 5.67. The minimum Gasteiger partial charge on any atom is -0.342 e. The third-order valence-corrected chi connectivity index (χ3v) is 5.67. The summed E-state index contributed by atoms with van der Waals surface area (Å²) >= 11 is 0. The Bertz CT molecular complexity index is 1160. The van der Waals surface area contributed by atoms with Crippen molar-refractivity contribution in [3.63, 3.8) is 0 Å². The Hall–Kier alpha value is -3.41. The summed E-state index contributed by atoms with van der Waals surface area (Å²) in [5, 5.41) is 3.10. The first-order valence-electron chi connectivity index (χ1n) is 10.00. The van der Waals surface area contributed by atoms with Gasteiger partial charge in [0.25, 0.3) is 0 Å². The first kappa shape index (κ1) is 17.7. The van der Waals surface area contributed by atoms with Gasteiger partial charge < -0.3 is 14.9 Å². The van der Waals surface area contributed by atoms with Gasteiger partial charge in [-0.25, -0.2) is 9.97 Å². The van der Waals surface area contributed by atoms with Gasteiger partial charge in [0.1, 0.15) is 11.6 Å². The lowest BCUT2D eigenvalue weighted by Gasteiger charge is -2.24. The van der Waals surface area contributed by atoms with E-state index >= 15 is 0 Å². The number of para-hydroxylation sites is 2. The molecule has 3 heterocycles. The fourth-order valence-electron chi connectivity index (χ4n) is 4.13. The molecule has 0 aliphatic carbocycles. The predicted octanol–water partition coefficient (Wildman–Crippen LogP) is 3.86. The number of hydrogen-bond donors (Lipinski definition) is 2. The fraction of sp³-hybridized carbons (Fsp3) is 0.261. The summed E-state index contributed by atoms with van der Waals surface area (Å²) in [6, 6.07) is 16.0. The van der Waals surface area contributed by atoms with E-state index < -0.39 is 0 Å². The molecule has 5 rings (SSSR count). The van der Waals surface area contributed by atoms with Gasteiger partial charge in [0.2, 0.25) is 5.91 Å². The molecular weight excluding hydrogens is 362 g/mol. The van der Waals surface area contributed by atoms with Gasteiger partial charge in [-0.2, -0.15) is 0 Å². The molecule has 2 N–H and O–H groups in total. The van der Waals surface area contributed by atoms with Crippen LogP contribution in [0.4, 0.5) is 5.69 Å². The largest absolute Gasteiger partial charge is 0.342 e. The van der Waals surface area contributed by atoms with Gasteiger partial charge >= 0.3 is 0 Å². The topological polar surface area (TPSA) is 75.6 Å². The molecule has 2 aromatic carbocycles. The van der Waals surface area contributed by atoms with Crippen LogP contribution in [0.3, 0.4) is 0 Å². The number of nitrogens with zero attached hydrogens (tertiary/aromatic N) is 3. The molecule has 1 aliphatic rings. The molecule has 6 heteroatoms. The van der Waals surface area contributed by atoms with Crippen LogP contribution in [0.15, 0.2) is 54.7 Å². The number of carbonyl (C=O) groups excluding carboxylic acids is 1. The highest BCUT2D eigenvalue weighted by atomic mass is 16.1. The van der Waals surface area contributed by atoms with Crippen LogP contribution in [0.25, 0.3) is 11.0 Å². The molecule has 146 valence electrons. The highest BCUT2D eigenvalue weighted by Gasteiger charge is 2.26. The molecule has 1 aliphatic heterocycles. The van der Waals surface area contributed by atoms with Crippen LogP contribution >= 0.6 is 0 Å². The molecule has 2 aromatic heterocycles. The predicted molar refractivity (Wildman–Crippen MR) is 113 cm³/mol. The lowest BCUT2D eigenvalue weighted by Crippen LogP contribution is -2.30. The Morgan fingerprint density at radius 3 is 3.03 bits per heavy atom. The number of aryl methyl sites for hydroxylation is 1. The monoisotopic (exact) mass is 385 g/mol. The summed E-state index contributed by atoms with van der Waals surface area (Å²) < 4.78 is 2.21. The minimum absolute atomic E-state index is 0.0161. The van der Waals surface area contributed by atoms with E-state index in [0.717, 1.165) is 59.0 Å². The van der Waals surface area contributed by atoms with Crippen LogP contribution < -0.4 is 5.32 Å². The van der Waals surface area contributed by atoms with Crippen LogP contribution in [-0.4, -0.2) is 25.4 Å². The number of aromatic nitrogens is 4. The SMILES string of the molecule is Cc1ncc2n1CCC(C(=O)Nc1cccc(Cc3nc4ccccc4[nH]3)c1)C2. The number of H-pyrrole nitrogens is 1. The second kappa shape index (κ2) is 7.20. The molecule has 0 bridgehead atoms. The average Bonchev–Trinajstić information content (AvgIpc) is 3.30. The van der Waals surface area contributed by atoms with Crippen LogP contribution in [-0.2, 0) is 24.2 Å². The van der Waals surface area contributed by atoms with E-state index in [2.05, 4.69) is 30.9 Å². The smallest absolute Gasteiger partial charge is 0.227 e. The molecule has 1 atom stereocenters. The van der Waals surface area contributed by atoms with E-state index in [0.29, 0.717) is 6.42 Å². The zero-order chi connectivity index (χ0) is 19.8. The van der Waals surface area contributed by atoms with Crippen LogP contribution in [0, 0.1) is 12.8 Å². The highest BCUT2D eigenvalue weighted by Crippen LogP contribution is 2.24. The van der Waals surface area contributed by atoms with Crippen LogP contribution in [0.1, 0.15) is 29.3 Å². The number of fused-ring (bicyclic) bond motifs is 2. The summed E-state index contributed by atoms with van der Waals surface area (Å²) in [6.07, 6.45) is 4.17. The van der Waals surface area contributed by atoms with Crippen molar-refractivity contribution in [1.82, 2.24) is 19.5 Å². The average molecular weight is 385 g/mol. The van der Waals surface area contributed by atoms with E-state index in [1.807, 2.05) is 55.6 Å². The van der Waals surface area contributed by atoms with Gasteiger partial charge in [-0.3, -0.25) is 4.79 Å². The Morgan fingerprint density at radius 1 is 1.24 bits per heavy atom. The highest BCUT2D eigenvalue weighted by molar-refractivity contribution is 5.92. The number of nitrogens with one attached hydrogen (secondary N) is 2. The Balaban J connectivity index is 1.28. The first-order valence-corrected chi connectivity index (χ1v) is 10.00. The summed E-state index contributed by atoms with van der Waals surface area (Å²) in [7, 11) is 0. The van der Waals surface area contributed by atoms with Gasteiger partial charge in [0.05, 0.1) is 11.0 Å². The molecule has 0 saturated carbocycles. The maximum absolute atomic E-state index is 12.8. The zero-order valence-electron chi connectivity index (χ0n) is 16.4. The molecule has 1 unspecified atom stereocenters. The molecule has 29 heavy (non-hydrogen) atoms. The summed E-state index contributed by atoms with van der Waals surface area (Å²) in [5.41, 5.74) is 5.10. The standard InChI is InChI=1S/C23H23N5O/c1-15-24-14-19-13-17(9-10-28(15)19)23(29)25-18-6-4-5-16(11-18)12-22-26-20-7-2-3-8-21(20)27-22/h2-8,11,14,17H,9-10,12-13H2,1H3,(H,25,29)(H,26,27). The van der Waals surface area contributed by atoms with E-state index in [9.17, 15) is 4.79 Å². The second-order valence-corrected chi connectivity index (χ2v) is 7.71. The molecule has 1 amide bonds. The molecular formula is C23H23N5O. The van der Waals surface area contributed by atoms with Crippen molar-refractivity contribution in [2.45, 2.75) is 32.7 Å². The number of benzene rings is 2. The molecule has 0 fully saturated rings. The Morgan fingerprint density at radius 2 is 2.14 bits per heavy atom. The van der Waals surface area contributed by atoms with Crippen molar-refractivity contribution in [2.75, 3.05) is 5.32 Å². The summed E-state index contributed by atoms with van der Waals surface area (Å²) in [6.45, 7) is 2.86. The Kier molecular flexibility index (Phi) is 4.39.